The minimum absolute atomic E-state index is 0.0413. The van der Waals surface area contributed by atoms with Gasteiger partial charge in [0.15, 0.2) is 15.6 Å². The zero-order chi connectivity index (χ0) is 14.8. The normalized spacial score (nSPS) is 12.6. The lowest BCUT2D eigenvalue weighted by Gasteiger charge is -2.02. The van der Waals surface area contributed by atoms with Crippen LogP contribution in [0.25, 0.3) is 0 Å². The molecule has 0 spiro atoms. The molecule has 0 radical (unpaired) electrons. The Morgan fingerprint density at radius 2 is 1.79 bits per heavy atom. The number of hydrogen-bond donors (Lipinski definition) is 0. The van der Waals surface area contributed by atoms with Gasteiger partial charge in [-0.1, -0.05) is 23.2 Å². The Kier molecular flexibility index (Phi) is 5.42. The van der Waals surface area contributed by atoms with Crippen molar-refractivity contribution in [3.63, 3.8) is 0 Å². The van der Waals surface area contributed by atoms with Gasteiger partial charge in [0.05, 0.1) is 15.8 Å². The second kappa shape index (κ2) is 6.09. The Labute approximate surface area is 125 Å². The van der Waals surface area contributed by atoms with Crippen molar-refractivity contribution in [1.82, 2.24) is 0 Å². The van der Waals surface area contributed by atoms with E-state index in [1.807, 2.05) is 0 Å². The fourth-order valence-corrected chi connectivity index (χ4v) is 5.58. The predicted molar refractivity (Wildman–Crippen MR) is 77.0 cm³/mol. The summed E-state index contributed by atoms with van der Waals surface area (Å²) < 4.78 is 45.5. The molecule has 1 heterocycles. The first-order chi connectivity index (χ1) is 8.50. The van der Waals surface area contributed by atoms with Gasteiger partial charge in [-0.15, -0.1) is 11.3 Å². The highest BCUT2D eigenvalue weighted by Gasteiger charge is 2.22. The van der Waals surface area contributed by atoms with Crippen LogP contribution in [-0.2, 0) is 19.7 Å². The van der Waals surface area contributed by atoms with Crippen LogP contribution in [0, 0.1) is 0 Å². The lowest BCUT2D eigenvalue weighted by atomic mass is 10.2. The summed E-state index contributed by atoms with van der Waals surface area (Å²) in [5.41, 5.74) is 0.0413. The number of thiophene rings is 1. The molecule has 0 aliphatic heterocycles. The monoisotopic (exact) mass is 364 g/mol. The van der Waals surface area contributed by atoms with Crippen LogP contribution in [-0.4, -0.2) is 46.1 Å². The highest BCUT2D eigenvalue weighted by Crippen LogP contribution is 2.31. The van der Waals surface area contributed by atoms with Crippen LogP contribution in [0.5, 0.6) is 0 Å². The number of halogens is 2. The van der Waals surface area contributed by atoms with Gasteiger partial charge in [-0.25, -0.2) is 16.8 Å². The van der Waals surface area contributed by atoms with Gasteiger partial charge in [-0.05, 0) is 6.07 Å². The van der Waals surface area contributed by atoms with Gasteiger partial charge >= 0.3 is 0 Å². The lowest BCUT2D eigenvalue weighted by Crippen LogP contribution is -2.23. The summed E-state index contributed by atoms with van der Waals surface area (Å²) in [6.07, 6.45) is 0.930. The van der Waals surface area contributed by atoms with Gasteiger partial charge in [0.1, 0.15) is 19.9 Å². The van der Waals surface area contributed by atoms with Crippen molar-refractivity contribution in [1.29, 1.82) is 0 Å². The van der Waals surface area contributed by atoms with E-state index < -0.39 is 42.7 Å². The van der Waals surface area contributed by atoms with Crippen molar-refractivity contribution < 1.29 is 21.6 Å². The van der Waals surface area contributed by atoms with Crippen molar-refractivity contribution in [3.8, 4) is 0 Å². The van der Waals surface area contributed by atoms with Gasteiger partial charge in [0.25, 0.3) is 0 Å². The Morgan fingerprint density at radius 1 is 1.21 bits per heavy atom. The van der Waals surface area contributed by atoms with E-state index in [2.05, 4.69) is 0 Å². The summed E-state index contributed by atoms with van der Waals surface area (Å²) in [5, 5.41) is 0. The summed E-state index contributed by atoms with van der Waals surface area (Å²) in [5.74, 6) is -2.58. The van der Waals surface area contributed by atoms with Crippen molar-refractivity contribution in [2.75, 3.05) is 23.5 Å². The molecule has 0 N–H and O–H groups in total. The van der Waals surface area contributed by atoms with E-state index in [0.717, 1.165) is 17.6 Å². The van der Waals surface area contributed by atoms with Crippen LogP contribution in [0.2, 0.25) is 8.67 Å². The number of Topliss-reactive ketones (excluding diaryl/α,β-unsaturated/α-hetero) is 1. The Balaban J connectivity index is 2.79. The molecule has 0 aliphatic rings. The fraction of sp³-hybridized carbons (Fsp3) is 0.444. The first-order valence-electron chi connectivity index (χ1n) is 4.86. The number of carbonyl (C=O) groups excluding carboxylic acids is 1. The molecule has 0 unspecified atom stereocenters. The maximum atomic E-state index is 11.8. The Bertz CT molecular complexity index is 687. The van der Waals surface area contributed by atoms with Crippen LogP contribution in [0.1, 0.15) is 10.4 Å². The van der Waals surface area contributed by atoms with Crippen LogP contribution in [0.15, 0.2) is 6.07 Å². The molecular formula is C9H10Cl2O5S3. The highest BCUT2D eigenvalue weighted by molar-refractivity contribution is 7.95. The van der Waals surface area contributed by atoms with E-state index in [1.54, 1.807) is 0 Å². The average Bonchev–Trinajstić information content (AvgIpc) is 2.54. The van der Waals surface area contributed by atoms with Crippen LogP contribution >= 0.6 is 34.5 Å². The molecule has 0 amide bonds. The molecule has 0 saturated carbocycles. The zero-order valence-electron chi connectivity index (χ0n) is 9.72. The van der Waals surface area contributed by atoms with E-state index >= 15 is 0 Å². The molecule has 0 aromatic carbocycles. The molecule has 19 heavy (non-hydrogen) atoms. The van der Waals surface area contributed by atoms with E-state index in [0.29, 0.717) is 0 Å². The molecule has 108 valence electrons. The zero-order valence-corrected chi connectivity index (χ0v) is 13.7. The summed E-state index contributed by atoms with van der Waals surface area (Å²) >= 11 is 12.4. The summed E-state index contributed by atoms with van der Waals surface area (Å²) in [6, 6.07) is 1.29. The third-order valence-electron chi connectivity index (χ3n) is 2.07. The molecule has 1 aromatic heterocycles. The van der Waals surface area contributed by atoms with Gasteiger partial charge in [0.2, 0.25) is 0 Å². The second-order valence-corrected chi connectivity index (χ2v) is 10.6. The largest absolute Gasteiger partial charge is 0.293 e. The van der Waals surface area contributed by atoms with E-state index in [1.165, 1.54) is 6.07 Å². The third-order valence-corrected chi connectivity index (χ3v) is 6.29. The number of ketones is 1. The predicted octanol–water partition coefficient (Wildman–Crippen LogP) is 1.70. The summed E-state index contributed by atoms with van der Waals surface area (Å²) in [4.78, 5) is 11.8. The SMILES string of the molecule is CS(=O)(=O)CCS(=O)(=O)CC(=O)c1cc(Cl)sc1Cl. The number of hydrogen-bond acceptors (Lipinski definition) is 6. The Morgan fingerprint density at radius 3 is 2.21 bits per heavy atom. The maximum absolute atomic E-state index is 11.8. The van der Waals surface area contributed by atoms with Crippen LogP contribution < -0.4 is 0 Å². The molecule has 1 aromatic rings. The second-order valence-electron chi connectivity index (χ2n) is 3.88. The van der Waals surface area contributed by atoms with E-state index in [9.17, 15) is 21.6 Å². The molecule has 0 aliphatic carbocycles. The molecule has 0 saturated heterocycles. The minimum Gasteiger partial charge on any atom is -0.293 e. The summed E-state index contributed by atoms with van der Waals surface area (Å²) in [7, 11) is -7.19. The maximum Gasteiger partial charge on any atom is 0.180 e. The van der Waals surface area contributed by atoms with Gasteiger partial charge in [-0.3, -0.25) is 4.79 Å². The van der Waals surface area contributed by atoms with E-state index in [-0.39, 0.29) is 14.2 Å². The van der Waals surface area contributed by atoms with Gasteiger partial charge in [0, 0.05) is 11.8 Å². The third kappa shape index (κ3) is 5.78. The first-order valence-corrected chi connectivity index (χ1v) is 10.3. The number of rotatable bonds is 6. The molecule has 10 heteroatoms. The molecule has 0 atom stereocenters. The average molecular weight is 365 g/mol. The van der Waals surface area contributed by atoms with Crippen LogP contribution in [0.3, 0.4) is 0 Å². The van der Waals surface area contributed by atoms with Crippen molar-refractivity contribution in [2.24, 2.45) is 0 Å². The standard InChI is InChI=1S/C9H10Cl2O5S3/c1-18(13,14)2-3-19(15,16)5-7(12)6-4-8(10)17-9(6)11/h4H,2-3,5H2,1H3. The smallest absolute Gasteiger partial charge is 0.180 e. The lowest BCUT2D eigenvalue weighted by molar-refractivity contribution is 0.102. The van der Waals surface area contributed by atoms with Crippen molar-refractivity contribution in [2.45, 2.75) is 0 Å². The highest BCUT2D eigenvalue weighted by atomic mass is 35.5. The van der Waals surface area contributed by atoms with Gasteiger partial charge < -0.3 is 0 Å². The van der Waals surface area contributed by atoms with Crippen LogP contribution in [0.4, 0.5) is 0 Å². The molecule has 0 fully saturated rings. The topological polar surface area (TPSA) is 85.3 Å². The first kappa shape index (κ1) is 16.9. The molecular weight excluding hydrogens is 355 g/mol. The summed E-state index contributed by atoms with van der Waals surface area (Å²) in [6.45, 7) is 0. The van der Waals surface area contributed by atoms with E-state index in [4.69, 9.17) is 23.2 Å². The quantitative estimate of drug-likeness (QED) is 0.717. The fourth-order valence-electron chi connectivity index (χ4n) is 1.16. The van der Waals surface area contributed by atoms with Crippen molar-refractivity contribution >= 4 is 60.0 Å². The molecule has 1 rings (SSSR count). The molecule has 5 nitrogen and oxygen atoms in total. The number of carbonyl (C=O) groups is 1. The minimum atomic E-state index is -3.80. The number of sulfone groups is 2. The Hall–Kier alpha value is -0.150. The molecule has 0 bridgehead atoms. The van der Waals surface area contributed by atoms with Gasteiger partial charge in [-0.2, -0.15) is 0 Å². The van der Waals surface area contributed by atoms with Crippen molar-refractivity contribution in [3.05, 3.63) is 20.3 Å².